The fourth-order valence-corrected chi connectivity index (χ4v) is 0.740. The normalized spacial score (nSPS) is 13.2. The molecule has 0 bridgehead atoms. The van der Waals surface area contributed by atoms with E-state index in [1.807, 2.05) is 0 Å². The molecule has 1 amide bonds. The number of hydrogen-bond acceptors (Lipinski definition) is 2. The molecule has 1 atom stereocenters. The van der Waals surface area contributed by atoms with E-state index in [1.165, 1.54) is 7.05 Å². The van der Waals surface area contributed by atoms with Gasteiger partial charge in [-0.05, 0) is 6.92 Å². The van der Waals surface area contributed by atoms with Crippen molar-refractivity contribution in [3.8, 4) is 0 Å². The number of halogens is 2. The lowest BCUT2D eigenvalue weighted by atomic mass is 10.2. The zero-order valence-electron chi connectivity index (χ0n) is 7.26. The lowest BCUT2D eigenvalue weighted by molar-refractivity contribution is -0.131. The van der Waals surface area contributed by atoms with E-state index in [2.05, 4.69) is 0 Å². The second-order valence-corrected chi connectivity index (χ2v) is 2.85. The number of carbonyl (C=O) groups is 1. The highest BCUT2D eigenvalue weighted by Gasteiger charge is 2.14. The Hall–Kier alpha value is -0.710. The van der Waals surface area contributed by atoms with Crippen molar-refractivity contribution >= 4 is 5.91 Å². The first-order valence-corrected chi connectivity index (χ1v) is 3.71. The van der Waals surface area contributed by atoms with Gasteiger partial charge in [0.25, 0.3) is 6.43 Å². The van der Waals surface area contributed by atoms with Crippen LogP contribution in [0.3, 0.4) is 0 Å². The molecule has 0 aliphatic rings. The molecule has 0 rings (SSSR count). The molecule has 72 valence electrons. The lowest BCUT2D eigenvalue weighted by Crippen LogP contribution is -2.34. The monoisotopic (exact) mass is 180 g/mol. The quantitative estimate of drug-likeness (QED) is 0.682. The molecule has 12 heavy (non-hydrogen) atoms. The Morgan fingerprint density at radius 2 is 2.08 bits per heavy atom. The van der Waals surface area contributed by atoms with Crippen molar-refractivity contribution < 1.29 is 13.6 Å². The van der Waals surface area contributed by atoms with Crippen LogP contribution < -0.4 is 5.73 Å². The predicted molar refractivity (Wildman–Crippen MR) is 41.9 cm³/mol. The summed E-state index contributed by atoms with van der Waals surface area (Å²) in [4.78, 5) is 12.0. The lowest BCUT2D eigenvalue weighted by Gasteiger charge is -2.17. The second-order valence-electron chi connectivity index (χ2n) is 2.85. The zero-order chi connectivity index (χ0) is 9.72. The molecule has 0 aromatic carbocycles. The number of nitrogens with two attached hydrogens (primary N) is 1. The van der Waals surface area contributed by atoms with Crippen molar-refractivity contribution in [1.82, 2.24) is 4.90 Å². The van der Waals surface area contributed by atoms with Gasteiger partial charge in [0.05, 0.1) is 6.54 Å². The Bertz CT molecular complexity index is 150. The maximum absolute atomic E-state index is 11.8. The fourth-order valence-electron chi connectivity index (χ4n) is 0.740. The predicted octanol–water partition coefficient (Wildman–Crippen LogP) is 0.447. The van der Waals surface area contributed by atoms with Crippen LogP contribution in [0, 0.1) is 0 Å². The number of nitrogens with zero attached hydrogens (tertiary/aromatic N) is 1. The number of hydrogen-bond donors (Lipinski definition) is 1. The molecule has 0 saturated carbocycles. The first kappa shape index (κ1) is 11.3. The van der Waals surface area contributed by atoms with Crippen molar-refractivity contribution in [2.75, 3.05) is 13.6 Å². The van der Waals surface area contributed by atoms with Gasteiger partial charge < -0.3 is 10.6 Å². The van der Waals surface area contributed by atoms with Gasteiger partial charge in [0, 0.05) is 19.5 Å². The van der Waals surface area contributed by atoms with Gasteiger partial charge in [-0.25, -0.2) is 8.78 Å². The highest BCUT2D eigenvalue weighted by molar-refractivity contribution is 5.76. The molecule has 0 fully saturated rings. The standard InChI is InChI=1S/C7H14F2N2O/c1-5(10)3-7(12)11(2)4-6(8)9/h5-6H,3-4,10H2,1-2H3. The molecule has 0 aliphatic carbocycles. The molecule has 2 N–H and O–H groups in total. The average Bonchev–Trinajstić information content (AvgIpc) is 1.84. The minimum Gasteiger partial charge on any atom is -0.340 e. The van der Waals surface area contributed by atoms with E-state index in [-0.39, 0.29) is 18.4 Å². The van der Waals surface area contributed by atoms with Gasteiger partial charge in [0.1, 0.15) is 0 Å². The van der Waals surface area contributed by atoms with Crippen molar-refractivity contribution in [3.05, 3.63) is 0 Å². The number of rotatable bonds is 4. The molecule has 0 aromatic rings. The van der Waals surface area contributed by atoms with Crippen LogP contribution >= 0.6 is 0 Å². The molecular formula is C7H14F2N2O. The molecule has 0 saturated heterocycles. The molecule has 0 spiro atoms. The SMILES string of the molecule is CC(N)CC(=O)N(C)CC(F)F. The molecule has 0 heterocycles. The van der Waals surface area contributed by atoms with Gasteiger partial charge >= 0.3 is 0 Å². The minimum atomic E-state index is -2.48. The third-order valence-corrected chi connectivity index (χ3v) is 1.33. The summed E-state index contributed by atoms with van der Waals surface area (Å²) in [6.07, 6.45) is -2.37. The van der Waals surface area contributed by atoms with Crippen LogP contribution in [0.1, 0.15) is 13.3 Å². The van der Waals surface area contributed by atoms with Crippen LogP contribution in [-0.2, 0) is 4.79 Å². The summed E-state index contributed by atoms with van der Waals surface area (Å²) < 4.78 is 23.5. The van der Waals surface area contributed by atoms with Crippen LogP contribution in [0.4, 0.5) is 8.78 Å². The smallest absolute Gasteiger partial charge is 0.255 e. The first-order chi connectivity index (χ1) is 5.43. The summed E-state index contributed by atoms with van der Waals surface area (Å²) in [7, 11) is 1.34. The van der Waals surface area contributed by atoms with E-state index in [1.54, 1.807) is 6.92 Å². The molecule has 0 radical (unpaired) electrons. The summed E-state index contributed by atoms with van der Waals surface area (Å²) in [6.45, 7) is 1.14. The first-order valence-electron chi connectivity index (χ1n) is 3.71. The summed E-state index contributed by atoms with van der Waals surface area (Å²) >= 11 is 0. The van der Waals surface area contributed by atoms with Crippen molar-refractivity contribution in [3.63, 3.8) is 0 Å². The summed E-state index contributed by atoms with van der Waals surface area (Å²) in [5.41, 5.74) is 5.33. The Morgan fingerprint density at radius 3 is 2.42 bits per heavy atom. The Kier molecular flexibility index (Phi) is 4.73. The molecule has 1 unspecified atom stereocenters. The maximum Gasteiger partial charge on any atom is 0.255 e. The van der Waals surface area contributed by atoms with Crippen LogP contribution in [0.15, 0.2) is 0 Å². The highest BCUT2D eigenvalue weighted by atomic mass is 19.3. The highest BCUT2D eigenvalue weighted by Crippen LogP contribution is 1.99. The van der Waals surface area contributed by atoms with Crippen molar-refractivity contribution in [2.24, 2.45) is 5.73 Å². The van der Waals surface area contributed by atoms with E-state index >= 15 is 0 Å². The second kappa shape index (κ2) is 5.03. The number of alkyl halides is 2. The van der Waals surface area contributed by atoms with E-state index in [4.69, 9.17) is 5.73 Å². The van der Waals surface area contributed by atoms with Crippen molar-refractivity contribution in [2.45, 2.75) is 25.8 Å². The third kappa shape index (κ3) is 5.01. The van der Waals surface area contributed by atoms with E-state index in [9.17, 15) is 13.6 Å². The van der Waals surface area contributed by atoms with Gasteiger partial charge in [-0.1, -0.05) is 0 Å². The topological polar surface area (TPSA) is 46.3 Å². The summed E-state index contributed by atoms with van der Waals surface area (Å²) in [5, 5.41) is 0. The Morgan fingerprint density at radius 1 is 1.58 bits per heavy atom. The van der Waals surface area contributed by atoms with Crippen LogP contribution in [0.2, 0.25) is 0 Å². The fraction of sp³-hybridized carbons (Fsp3) is 0.857. The third-order valence-electron chi connectivity index (χ3n) is 1.33. The average molecular weight is 180 g/mol. The van der Waals surface area contributed by atoms with Crippen molar-refractivity contribution in [1.29, 1.82) is 0 Å². The van der Waals surface area contributed by atoms with E-state index in [0.29, 0.717) is 0 Å². The van der Waals surface area contributed by atoms with Gasteiger partial charge in [-0.2, -0.15) is 0 Å². The molecule has 3 nitrogen and oxygen atoms in total. The van der Waals surface area contributed by atoms with E-state index < -0.39 is 13.0 Å². The zero-order valence-corrected chi connectivity index (χ0v) is 7.26. The Labute approximate surface area is 70.5 Å². The molecular weight excluding hydrogens is 166 g/mol. The maximum atomic E-state index is 11.8. The summed E-state index contributed by atoms with van der Waals surface area (Å²) in [5.74, 6) is -0.342. The molecule has 5 heteroatoms. The number of carbonyl (C=O) groups excluding carboxylic acids is 1. The summed E-state index contributed by atoms with van der Waals surface area (Å²) in [6, 6.07) is -0.280. The molecule has 0 aliphatic heterocycles. The van der Waals surface area contributed by atoms with E-state index in [0.717, 1.165) is 4.90 Å². The van der Waals surface area contributed by atoms with Gasteiger partial charge in [0.2, 0.25) is 5.91 Å². The van der Waals surface area contributed by atoms with Gasteiger partial charge in [0.15, 0.2) is 0 Å². The van der Waals surface area contributed by atoms with Crippen LogP contribution in [0.5, 0.6) is 0 Å². The minimum absolute atomic E-state index is 0.114. The van der Waals surface area contributed by atoms with Gasteiger partial charge in [-0.15, -0.1) is 0 Å². The number of amides is 1. The largest absolute Gasteiger partial charge is 0.340 e. The van der Waals surface area contributed by atoms with Gasteiger partial charge in [-0.3, -0.25) is 4.79 Å². The van der Waals surface area contributed by atoms with Crippen LogP contribution in [0.25, 0.3) is 0 Å². The van der Waals surface area contributed by atoms with Crippen LogP contribution in [-0.4, -0.2) is 36.9 Å². The molecule has 0 aromatic heterocycles. The Balaban J connectivity index is 3.77.